The summed E-state index contributed by atoms with van der Waals surface area (Å²) in [5, 5.41) is 9.30. The van der Waals surface area contributed by atoms with E-state index in [0.717, 1.165) is 12.1 Å². The van der Waals surface area contributed by atoms with Gasteiger partial charge in [-0.1, -0.05) is 0 Å². The van der Waals surface area contributed by atoms with E-state index in [-0.39, 0.29) is 17.1 Å². The molecule has 0 bridgehead atoms. The van der Waals surface area contributed by atoms with Gasteiger partial charge in [-0.3, -0.25) is 0 Å². The van der Waals surface area contributed by atoms with Gasteiger partial charge in [-0.15, -0.1) is 0 Å². The Bertz CT molecular complexity index is 345. The largest absolute Gasteiger partial charge is 0.504 e. The number of rotatable bonds is 1. The summed E-state index contributed by atoms with van der Waals surface area (Å²) in [6, 6.07) is 1.64. The number of hydrogen-bond donors (Lipinski definition) is 1. The Hall–Kier alpha value is -1.39. The van der Waals surface area contributed by atoms with Crippen LogP contribution in [0.2, 0.25) is 0 Å². The third-order valence-corrected chi connectivity index (χ3v) is 1.81. The first kappa shape index (κ1) is 10.7. The number of benzene rings is 1. The molecule has 0 aliphatic rings. The average Bonchev–Trinajstić information content (AvgIpc) is 2.07. The summed E-state index contributed by atoms with van der Waals surface area (Å²) in [4.78, 5) is 0. The lowest BCUT2D eigenvalue weighted by Gasteiger charge is -2.11. The first-order chi connectivity index (χ1) is 6.36. The summed E-state index contributed by atoms with van der Waals surface area (Å²) in [5.74, 6) is -0.433. The van der Waals surface area contributed by atoms with E-state index in [1.54, 1.807) is 0 Å². The number of halogens is 3. The van der Waals surface area contributed by atoms with E-state index in [1.165, 1.54) is 14.0 Å². The number of phenolic OH excluding ortho intramolecular Hbond substituents is 1. The van der Waals surface area contributed by atoms with Crippen molar-refractivity contribution in [3.63, 3.8) is 0 Å². The van der Waals surface area contributed by atoms with Gasteiger partial charge in [0.25, 0.3) is 0 Å². The maximum absolute atomic E-state index is 12.3. The van der Waals surface area contributed by atoms with Crippen molar-refractivity contribution in [1.29, 1.82) is 0 Å². The summed E-state index contributed by atoms with van der Waals surface area (Å²) < 4.78 is 41.4. The Balaban J connectivity index is 3.30. The molecule has 0 aromatic heterocycles. The normalized spacial score (nSPS) is 11.5. The molecule has 1 rings (SSSR count). The summed E-state index contributed by atoms with van der Waals surface area (Å²) >= 11 is 0. The van der Waals surface area contributed by atoms with Crippen LogP contribution >= 0.6 is 0 Å². The fourth-order valence-electron chi connectivity index (χ4n) is 1.07. The molecule has 0 amide bonds. The van der Waals surface area contributed by atoms with Crippen molar-refractivity contribution in [2.24, 2.45) is 0 Å². The molecule has 2 nitrogen and oxygen atoms in total. The molecule has 0 atom stereocenters. The van der Waals surface area contributed by atoms with Crippen molar-refractivity contribution >= 4 is 0 Å². The lowest BCUT2D eigenvalue weighted by Crippen LogP contribution is -2.05. The minimum absolute atomic E-state index is 0.136. The fourth-order valence-corrected chi connectivity index (χ4v) is 1.07. The maximum Gasteiger partial charge on any atom is 0.416 e. The maximum atomic E-state index is 12.3. The molecule has 0 aliphatic heterocycles. The van der Waals surface area contributed by atoms with E-state index in [4.69, 9.17) is 0 Å². The SMILES string of the molecule is COc1cc(C(F)(F)F)cc(C)c1O. The summed E-state index contributed by atoms with van der Waals surface area (Å²) in [7, 11) is 1.20. The smallest absolute Gasteiger partial charge is 0.416 e. The summed E-state index contributed by atoms with van der Waals surface area (Å²) in [6.07, 6.45) is -4.42. The molecule has 1 aromatic carbocycles. The Morgan fingerprint density at radius 3 is 2.29 bits per heavy atom. The van der Waals surface area contributed by atoms with E-state index >= 15 is 0 Å². The monoisotopic (exact) mass is 206 g/mol. The van der Waals surface area contributed by atoms with Gasteiger partial charge in [0.2, 0.25) is 0 Å². The number of ether oxygens (including phenoxy) is 1. The van der Waals surface area contributed by atoms with Crippen LogP contribution < -0.4 is 4.74 Å². The van der Waals surface area contributed by atoms with Gasteiger partial charge in [0.15, 0.2) is 11.5 Å². The molecule has 0 radical (unpaired) electrons. The third-order valence-electron chi connectivity index (χ3n) is 1.81. The summed E-state index contributed by atoms with van der Waals surface area (Å²) in [6.45, 7) is 1.38. The van der Waals surface area contributed by atoms with Crippen LogP contribution in [-0.4, -0.2) is 12.2 Å². The molecule has 1 aromatic rings. The van der Waals surface area contributed by atoms with Gasteiger partial charge in [-0.2, -0.15) is 13.2 Å². The lowest BCUT2D eigenvalue weighted by molar-refractivity contribution is -0.137. The number of hydrogen-bond acceptors (Lipinski definition) is 2. The van der Waals surface area contributed by atoms with Crippen LogP contribution in [0.5, 0.6) is 11.5 Å². The molecule has 5 heteroatoms. The summed E-state index contributed by atoms with van der Waals surface area (Å²) in [5.41, 5.74) is -0.693. The van der Waals surface area contributed by atoms with Gasteiger partial charge < -0.3 is 9.84 Å². The van der Waals surface area contributed by atoms with Crippen molar-refractivity contribution in [3.8, 4) is 11.5 Å². The first-order valence-electron chi connectivity index (χ1n) is 3.81. The zero-order valence-electron chi connectivity index (χ0n) is 7.64. The van der Waals surface area contributed by atoms with E-state index < -0.39 is 11.7 Å². The lowest BCUT2D eigenvalue weighted by atomic mass is 10.1. The Labute approximate surface area is 78.9 Å². The number of phenols is 1. The number of aryl methyl sites for hydroxylation is 1. The van der Waals surface area contributed by atoms with Gasteiger partial charge in [0.05, 0.1) is 12.7 Å². The zero-order valence-corrected chi connectivity index (χ0v) is 7.64. The van der Waals surface area contributed by atoms with Crippen LogP contribution in [0.4, 0.5) is 13.2 Å². The van der Waals surface area contributed by atoms with Crippen molar-refractivity contribution in [1.82, 2.24) is 0 Å². The van der Waals surface area contributed by atoms with Crippen LogP contribution in [-0.2, 0) is 6.18 Å². The first-order valence-corrected chi connectivity index (χ1v) is 3.81. The molecule has 0 saturated carbocycles. The molecular formula is C9H9F3O2. The van der Waals surface area contributed by atoms with Crippen LogP contribution in [0.1, 0.15) is 11.1 Å². The second-order valence-corrected chi connectivity index (χ2v) is 2.84. The molecule has 14 heavy (non-hydrogen) atoms. The quantitative estimate of drug-likeness (QED) is 0.765. The van der Waals surface area contributed by atoms with E-state index in [2.05, 4.69) is 4.74 Å². The second-order valence-electron chi connectivity index (χ2n) is 2.84. The highest BCUT2D eigenvalue weighted by molar-refractivity contribution is 5.48. The topological polar surface area (TPSA) is 29.5 Å². The molecule has 1 N–H and O–H groups in total. The van der Waals surface area contributed by atoms with Crippen LogP contribution in [0, 0.1) is 6.92 Å². The Morgan fingerprint density at radius 1 is 1.29 bits per heavy atom. The predicted octanol–water partition coefficient (Wildman–Crippen LogP) is 2.73. The Morgan fingerprint density at radius 2 is 1.86 bits per heavy atom. The molecule has 78 valence electrons. The molecular weight excluding hydrogens is 197 g/mol. The van der Waals surface area contributed by atoms with Gasteiger partial charge >= 0.3 is 6.18 Å². The van der Waals surface area contributed by atoms with Crippen molar-refractivity contribution in [3.05, 3.63) is 23.3 Å². The predicted molar refractivity (Wildman–Crippen MR) is 44.4 cm³/mol. The van der Waals surface area contributed by atoms with Gasteiger partial charge in [0, 0.05) is 0 Å². The van der Waals surface area contributed by atoms with Gasteiger partial charge in [0.1, 0.15) is 0 Å². The number of methoxy groups -OCH3 is 1. The number of aromatic hydroxyl groups is 1. The van der Waals surface area contributed by atoms with Gasteiger partial charge in [-0.05, 0) is 24.6 Å². The fraction of sp³-hybridized carbons (Fsp3) is 0.333. The van der Waals surface area contributed by atoms with Gasteiger partial charge in [-0.25, -0.2) is 0 Å². The molecule has 0 fully saturated rings. The molecule has 0 heterocycles. The third kappa shape index (κ3) is 1.92. The van der Waals surface area contributed by atoms with E-state index in [9.17, 15) is 18.3 Å². The highest BCUT2D eigenvalue weighted by Crippen LogP contribution is 2.37. The standard InChI is InChI=1S/C9H9F3O2/c1-5-3-6(9(10,11)12)4-7(14-2)8(5)13/h3-4,13H,1-2H3. The average molecular weight is 206 g/mol. The van der Waals surface area contributed by atoms with Crippen molar-refractivity contribution in [2.75, 3.05) is 7.11 Å². The van der Waals surface area contributed by atoms with E-state index in [0.29, 0.717) is 0 Å². The van der Waals surface area contributed by atoms with Crippen molar-refractivity contribution < 1.29 is 23.0 Å². The minimum Gasteiger partial charge on any atom is -0.504 e. The zero-order chi connectivity index (χ0) is 10.9. The minimum atomic E-state index is -4.42. The number of alkyl halides is 3. The molecule has 0 unspecified atom stereocenters. The van der Waals surface area contributed by atoms with Crippen LogP contribution in [0.3, 0.4) is 0 Å². The molecule has 0 aliphatic carbocycles. The molecule has 0 spiro atoms. The van der Waals surface area contributed by atoms with E-state index in [1.807, 2.05) is 0 Å². The highest BCUT2D eigenvalue weighted by atomic mass is 19.4. The highest BCUT2D eigenvalue weighted by Gasteiger charge is 2.32. The van der Waals surface area contributed by atoms with Crippen LogP contribution in [0.15, 0.2) is 12.1 Å². The van der Waals surface area contributed by atoms with Crippen molar-refractivity contribution in [2.45, 2.75) is 13.1 Å². The molecule has 0 saturated heterocycles. The second kappa shape index (κ2) is 3.40. The Kier molecular flexibility index (Phi) is 2.59. The van der Waals surface area contributed by atoms with Crippen LogP contribution in [0.25, 0.3) is 0 Å².